The number of carbonyl (C=O) groups excluding carboxylic acids is 1. The largest absolute Gasteiger partial charge is 0.319 e. The van der Waals surface area contributed by atoms with Gasteiger partial charge in [0.05, 0.1) is 10.6 Å². The number of benzene rings is 1. The Bertz CT molecular complexity index is 565. The molecule has 88 valence electrons. The van der Waals surface area contributed by atoms with Crippen LogP contribution < -0.4 is 5.32 Å². The lowest BCUT2D eigenvalue weighted by Gasteiger charge is -2.05. The molecule has 2 rings (SSSR count). The van der Waals surface area contributed by atoms with Crippen LogP contribution >= 0.6 is 11.3 Å². The molecule has 1 aromatic carbocycles. The van der Waals surface area contributed by atoms with Crippen LogP contribution in [0.3, 0.4) is 0 Å². The van der Waals surface area contributed by atoms with Crippen molar-refractivity contribution >= 4 is 22.9 Å². The number of halogens is 2. The van der Waals surface area contributed by atoms with Crippen molar-refractivity contribution in [3.63, 3.8) is 0 Å². The van der Waals surface area contributed by atoms with Crippen molar-refractivity contribution in [3.05, 3.63) is 51.7 Å². The first-order chi connectivity index (χ1) is 8.08. The van der Waals surface area contributed by atoms with Crippen molar-refractivity contribution < 1.29 is 13.6 Å². The molecule has 1 N–H and O–H groups in total. The van der Waals surface area contributed by atoms with E-state index in [0.29, 0.717) is 4.88 Å². The minimum absolute atomic E-state index is 0.0239. The zero-order chi connectivity index (χ0) is 12.4. The van der Waals surface area contributed by atoms with Crippen LogP contribution in [0.15, 0.2) is 29.6 Å². The van der Waals surface area contributed by atoms with Crippen LogP contribution in [0.5, 0.6) is 0 Å². The van der Waals surface area contributed by atoms with E-state index in [1.54, 1.807) is 18.4 Å². The third-order valence-electron chi connectivity index (χ3n) is 2.25. The molecule has 2 aromatic rings. The van der Waals surface area contributed by atoms with Crippen molar-refractivity contribution in [3.8, 4) is 0 Å². The zero-order valence-electron chi connectivity index (χ0n) is 8.96. The van der Waals surface area contributed by atoms with Crippen LogP contribution in [0.25, 0.3) is 0 Å². The van der Waals surface area contributed by atoms with Gasteiger partial charge in [0, 0.05) is 6.07 Å². The van der Waals surface area contributed by atoms with Gasteiger partial charge in [-0.3, -0.25) is 4.79 Å². The maximum absolute atomic E-state index is 13.3. The molecule has 0 saturated carbocycles. The smallest absolute Gasteiger partial charge is 0.266 e. The van der Waals surface area contributed by atoms with Crippen LogP contribution in [0.1, 0.15) is 15.2 Å². The maximum atomic E-state index is 13.3. The van der Waals surface area contributed by atoms with Gasteiger partial charge in [0.25, 0.3) is 5.91 Å². The molecule has 17 heavy (non-hydrogen) atoms. The monoisotopic (exact) mass is 253 g/mol. The molecule has 5 heteroatoms. The molecule has 0 spiro atoms. The number of carbonyl (C=O) groups is 1. The van der Waals surface area contributed by atoms with Crippen LogP contribution in [0.2, 0.25) is 0 Å². The molecule has 0 aliphatic rings. The third kappa shape index (κ3) is 2.50. The SMILES string of the molecule is Cc1ccsc1C(=O)Nc1ccc(F)cc1F. The first-order valence-corrected chi connectivity index (χ1v) is 5.76. The highest BCUT2D eigenvalue weighted by Crippen LogP contribution is 2.20. The number of hydrogen-bond acceptors (Lipinski definition) is 2. The van der Waals surface area contributed by atoms with Gasteiger partial charge < -0.3 is 5.32 Å². The highest BCUT2D eigenvalue weighted by atomic mass is 32.1. The summed E-state index contributed by atoms with van der Waals surface area (Å²) >= 11 is 1.28. The molecule has 0 fully saturated rings. The topological polar surface area (TPSA) is 29.1 Å². The average molecular weight is 253 g/mol. The third-order valence-corrected chi connectivity index (χ3v) is 3.26. The number of aryl methyl sites for hydroxylation is 1. The number of thiophene rings is 1. The summed E-state index contributed by atoms with van der Waals surface area (Å²) in [4.78, 5) is 12.3. The molecule has 0 bridgehead atoms. The van der Waals surface area contributed by atoms with Crippen LogP contribution in [0, 0.1) is 18.6 Å². The molecular weight excluding hydrogens is 244 g/mol. The molecule has 1 heterocycles. The van der Waals surface area contributed by atoms with Crippen molar-refractivity contribution in [1.82, 2.24) is 0 Å². The second-order valence-corrected chi connectivity index (χ2v) is 4.43. The summed E-state index contributed by atoms with van der Waals surface area (Å²) in [5.41, 5.74) is 0.805. The predicted octanol–water partition coefficient (Wildman–Crippen LogP) is 3.59. The average Bonchev–Trinajstić information content (AvgIpc) is 2.68. The van der Waals surface area contributed by atoms with Gasteiger partial charge in [0.1, 0.15) is 11.6 Å². The van der Waals surface area contributed by atoms with E-state index in [2.05, 4.69) is 5.32 Å². The Hall–Kier alpha value is -1.75. The molecule has 0 aliphatic carbocycles. The number of rotatable bonds is 2. The van der Waals surface area contributed by atoms with E-state index >= 15 is 0 Å². The Morgan fingerprint density at radius 3 is 2.65 bits per heavy atom. The van der Waals surface area contributed by atoms with Crippen molar-refractivity contribution in [2.45, 2.75) is 6.92 Å². The van der Waals surface area contributed by atoms with Gasteiger partial charge in [-0.05, 0) is 36.1 Å². The number of hydrogen-bond donors (Lipinski definition) is 1. The summed E-state index contributed by atoms with van der Waals surface area (Å²) in [6.07, 6.45) is 0. The molecule has 1 aromatic heterocycles. The Morgan fingerprint density at radius 1 is 1.29 bits per heavy atom. The quantitative estimate of drug-likeness (QED) is 0.870. The highest BCUT2D eigenvalue weighted by molar-refractivity contribution is 7.12. The second-order valence-electron chi connectivity index (χ2n) is 3.51. The maximum Gasteiger partial charge on any atom is 0.266 e. The van der Waals surface area contributed by atoms with Crippen molar-refractivity contribution in [1.29, 1.82) is 0 Å². The molecule has 0 saturated heterocycles. The van der Waals surface area contributed by atoms with Gasteiger partial charge in [0.15, 0.2) is 0 Å². The lowest BCUT2D eigenvalue weighted by Crippen LogP contribution is -2.12. The highest BCUT2D eigenvalue weighted by Gasteiger charge is 2.13. The minimum atomic E-state index is -0.785. The Kier molecular flexibility index (Phi) is 3.19. The van der Waals surface area contributed by atoms with E-state index < -0.39 is 11.6 Å². The van der Waals surface area contributed by atoms with Gasteiger partial charge in [-0.2, -0.15) is 0 Å². The summed E-state index contributed by atoms with van der Waals surface area (Å²) in [6.45, 7) is 1.80. The van der Waals surface area contributed by atoms with Crippen LogP contribution in [0.4, 0.5) is 14.5 Å². The molecular formula is C12H9F2NOS. The molecule has 0 aliphatic heterocycles. The lowest BCUT2D eigenvalue weighted by atomic mass is 10.2. The van der Waals surface area contributed by atoms with Gasteiger partial charge in [-0.1, -0.05) is 0 Å². The second kappa shape index (κ2) is 4.63. The lowest BCUT2D eigenvalue weighted by molar-refractivity contribution is 0.102. The van der Waals surface area contributed by atoms with Crippen molar-refractivity contribution in [2.75, 3.05) is 5.32 Å². The molecule has 0 unspecified atom stereocenters. The predicted molar refractivity (Wildman–Crippen MR) is 63.4 cm³/mol. The Balaban J connectivity index is 2.22. The summed E-state index contributed by atoms with van der Waals surface area (Å²) in [7, 11) is 0. The summed E-state index contributed by atoms with van der Waals surface area (Å²) in [5.74, 6) is -1.84. The first-order valence-electron chi connectivity index (χ1n) is 4.88. The van der Waals surface area contributed by atoms with Gasteiger partial charge in [-0.15, -0.1) is 11.3 Å². The normalized spacial score (nSPS) is 10.3. The Labute approximate surface area is 101 Å². The van der Waals surface area contributed by atoms with E-state index in [1.807, 2.05) is 0 Å². The molecule has 0 atom stereocenters. The van der Waals surface area contributed by atoms with E-state index in [0.717, 1.165) is 17.7 Å². The number of nitrogens with one attached hydrogen (secondary N) is 1. The molecule has 0 radical (unpaired) electrons. The fraction of sp³-hybridized carbons (Fsp3) is 0.0833. The van der Waals surface area contributed by atoms with E-state index in [-0.39, 0.29) is 11.6 Å². The standard InChI is InChI=1S/C12H9F2NOS/c1-7-4-5-17-11(7)12(16)15-10-3-2-8(13)6-9(10)14/h2-6H,1H3,(H,15,16). The first kappa shape index (κ1) is 11.7. The summed E-state index contributed by atoms with van der Waals surface area (Å²) in [6, 6.07) is 4.84. The van der Waals surface area contributed by atoms with E-state index in [1.165, 1.54) is 17.4 Å². The number of amides is 1. The van der Waals surface area contributed by atoms with E-state index in [4.69, 9.17) is 0 Å². The fourth-order valence-electron chi connectivity index (χ4n) is 1.38. The van der Waals surface area contributed by atoms with Crippen LogP contribution in [-0.4, -0.2) is 5.91 Å². The van der Waals surface area contributed by atoms with E-state index in [9.17, 15) is 13.6 Å². The minimum Gasteiger partial charge on any atom is -0.319 e. The van der Waals surface area contributed by atoms with Gasteiger partial charge in [-0.25, -0.2) is 8.78 Å². The summed E-state index contributed by atoms with van der Waals surface area (Å²) in [5, 5.41) is 4.19. The molecule has 1 amide bonds. The van der Waals surface area contributed by atoms with Crippen molar-refractivity contribution in [2.24, 2.45) is 0 Å². The summed E-state index contributed by atoms with van der Waals surface area (Å²) < 4.78 is 26.0. The number of anilines is 1. The fourth-order valence-corrected chi connectivity index (χ4v) is 2.20. The van der Waals surface area contributed by atoms with Gasteiger partial charge >= 0.3 is 0 Å². The Morgan fingerprint density at radius 2 is 2.06 bits per heavy atom. The zero-order valence-corrected chi connectivity index (χ0v) is 9.78. The van der Waals surface area contributed by atoms with Crippen LogP contribution in [-0.2, 0) is 0 Å². The molecule has 2 nitrogen and oxygen atoms in total. The van der Waals surface area contributed by atoms with Gasteiger partial charge in [0.2, 0.25) is 0 Å².